The standard InChI is InChI=1S/C69H133N2O6P/c1-6-8-10-12-14-16-18-20-22-24-26-28-30-32-34-35-37-38-40-42-44-46-48-50-52-54-56-58-60-62-68(72)67(66-77-78(74,75)76-65-64-71(3,4)5)70-69(73)63-61-59-57-55-53-51-49-47-45-43-41-39-36-33-31-29-27-25-23-21-19-17-15-13-11-9-7-2/h19,21,25,27,31,33,60,62,67-68,72H,6-18,20,22-24,26,28-30,32,34-59,61,63-66H2,1-5H3,(H-,70,73,74,75)/b21-19-,27-25-,33-31-,62-60+. The third-order valence-electron chi connectivity index (χ3n) is 15.5. The van der Waals surface area contributed by atoms with Gasteiger partial charge in [0.25, 0.3) is 7.82 Å². The molecule has 0 aliphatic rings. The van der Waals surface area contributed by atoms with Crippen LogP contribution in [-0.2, 0) is 18.4 Å². The van der Waals surface area contributed by atoms with Gasteiger partial charge in [0, 0.05) is 6.42 Å². The summed E-state index contributed by atoms with van der Waals surface area (Å²) < 4.78 is 23.5. The molecule has 0 saturated carbocycles. The van der Waals surface area contributed by atoms with Gasteiger partial charge in [-0.3, -0.25) is 9.36 Å². The molecule has 0 fully saturated rings. The fourth-order valence-corrected chi connectivity index (χ4v) is 10.9. The van der Waals surface area contributed by atoms with Crippen molar-refractivity contribution in [1.29, 1.82) is 0 Å². The van der Waals surface area contributed by atoms with Crippen LogP contribution in [0, 0.1) is 0 Å². The van der Waals surface area contributed by atoms with E-state index < -0.39 is 20.0 Å². The summed E-state index contributed by atoms with van der Waals surface area (Å²) in [5.41, 5.74) is 0. The van der Waals surface area contributed by atoms with Crippen LogP contribution in [0.2, 0.25) is 0 Å². The maximum Gasteiger partial charge on any atom is 0.268 e. The quantitative estimate of drug-likeness (QED) is 0.0272. The second-order valence-electron chi connectivity index (χ2n) is 24.5. The average Bonchev–Trinajstić information content (AvgIpc) is 3.41. The van der Waals surface area contributed by atoms with E-state index in [-0.39, 0.29) is 19.1 Å². The molecule has 3 atom stereocenters. The number of phosphoric ester groups is 1. The Bertz CT molecular complexity index is 1410. The van der Waals surface area contributed by atoms with Crippen molar-refractivity contribution in [2.45, 2.75) is 347 Å². The van der Waals surface area contributed by atoms with E-state index >= 15 is 0 Å². The number of likely N-dealkylation sites (N-methyl/N-ethyl adjacent to an activating group) is 1. The van der Waals surface area contributed by atoms with Gasteiger partial charge in [-0.25, -0.2) is 0 Å². The lowest BCUT2D eigenvalue weighted by molar-refractivity contribution is -0.870. The molecule has 0 aliphatic carbocycles. The van der Waals surface area contributed by atoms with E-state index in [4.69, 9.17) is 9.05 Å². The van der Waals surface area contributed by atoms with Gasteiger partial charge in [0.1, 0.15) is 13.2 Å². The van der Waals surface area contributed by atoms with Crippen molar-refractivity contribution in [2.75, 3.05) is 40.9 Å². The summed E-state index contributed by atoms with van der Waals surface area (Å²) in [5.74, 6) is -0.195. The van der Waals surface area contributed by atoms with Crippen LogP contribution in [-0.4, -0.2) is 68.5 Å². The lowest BCUT2D eigenvalue weighted by atomic mass is 10.0. The second kappa shape index (κ2) is 60.1. The molecule has 460 valence electrons. The molecule has 3 unspecified atom stereocenters. The van der Waals surface area contributed by atoms with Gasteiger partial charge >= 0.3 is 0 Å². The monoisotopic (exact) mass is 1120 g/mol. The highest BCUT2D eigenvalue weighted by Crippen LogP contribution is 2.38. The first-order valence-electron chi connectivity index (χ1n) is 34.0. The minimum absolute atomic E-state index is 0.00137. The Morgan fingerprint density at radius 2 is 0.744 bits per heavy atom. The first kappa shape index (κ1) is 76.5. The smallest absolute Gasteiger partial charge is 0.268 e. The molecule has 1 amide bonds. The van der Waals surface area contributed by atoms with Crippen LogP contribution in [0.15, 0.2) is 48.6 Å². The number of allylic oxidation sites excluding steroid dienone is 7. The van der Waals surface area contributed by atoms with E-state index in [9.17, 15) is 19.4 Å². The topological polar surface area (TPSA) is 108 Å². The Hall–Kier alpha value is -1.54. The number of hydrogen-bond acceptors (Lipinski definition) is 6. The zero-order valence-corrected chi connectivity index (χ0v) is 53.5. The Balaban J connectivity index is 4.10. The average molecular weight is 1120 g/mol. The lowest BCUT2D eigenvalue weighted by Crippen LogP contribution is -2.45. The Kier molecular flexibility index (Phi) is 58.9. The number of carbonyl (C=O) groups is 1. The summed E-state index contributed by atoms with van der Waals surface area (Å²) in [4.78, 5) is 25.6. The third kappa shape index (κ3) is 62.1. The van der Waals surface area contributed by atoms with E-state index in [0.717, 1.165) is 51.4 Å². The summed E-state index contributed by atoms with van der Waals surface area (Å²) in [6, 6.07) is -0.890. The van der Waals surface area contributed by atoms with Crippen LogP contribution in [0.1, 0.15) is 335 Å². The molecule has 8 nitrogen and oxygen atoms in total. The van der Waals surface area contributed by atoms with Crippen LogP contribution in [0.25, 0.3) is 0 Å². The van der Waals surface area contributed by atoms with Crippen LogP contribution >= 0.6 is 7.82 Å². The normalized spacial score (nSPS) is 14.0. The maximum absolute atomic E-state index is 13.0. The van der Waals surface area contributed by atoms with E-state index in [2.05, 4.69) is 55.6 Å². The van der Waals surface area contributed by atoms with Crippen LogP contribution < -0.4 is 10.2 Å². The predicted octanol–water partition coefficient (Wildman–Crippen LogP) is 20.8. The van der Waals surface area contributed by atoms with Crippen LogP contribution in [0.3, 0.4) is 0 Å². The van der Waals surface area contributed by atoms with Gasteiger partial charge in [-0.15, -0.1) is 0 Å². The van der Waals surface area contributed by atoms with E-state index in [1.165, 1.54) is 263 Å². The molecule has 0 aromatic rings. The number of unbranched alkanes of at least 4 members (excludes halogenated alkanes) is 44. The predicted molar refractivity (Wildman–Crippen MR) is 339 cm³/mol. The van der Waals surface area contributed by atoms with Crippen molar-refractivity contribution in [3.63, 3.8) is 0 Å². The van der Waals surface area contributed by atoms with E-state index in [0.29, 0.717) is 17.4 Å². The number of hydrogen-bond donors (Lipinski definition) is 2. The number of aliphatic hydroxyl groups is 1. The highest BCUT2D eigenvalue weighted by atomic mass is 31.2. The van der Waals surface area contributed by atoms with Gasteiger partial charge < -0.3 is 28.8 Å². The molecular weight excluding hydrogens is 984 g/mol. The summed E-state index contributed by atoms with van der Waals surface area (Å²) in [5, 5.41) is 14.0. The Morgan fingerprint density at radius 3 is 1.08 bits per heavy atom. The minimum Gasteiger partial charge on any atom is -0.756 e. The summed E-state index contributed by atoms with van der Waals surface area (Å²) in [6.45, 7) is 4.68. The highest BCUT2D eigenvalue weighted by molar-refractivity contribution is 7.45. The molecule has 0 radical (unpaired) electrons. The third-order valence-corrected chi connectivity index (χ3v) is 16.5. The first-order chi connectivity index (χ1) is 38.0. The number of rotatable bonds is 63. The summed E-state index contributed by atoms with van der Waals surface area (Å²) >= 11 is 0. The molecule has 78 heavy (non-hydrogen) atoms. The molecule has 0 aliphatic heterocycles. The molecule has 0 bridgehead atoms. The van der Waals surface area contributed by atoms with Gasteiger partial charge in [0.15, 0.2) is 0 Å². The van der Waals surface area contributed by atoms with Gasteiger partial charge in [0.05, 0.1) is 39.9 Å². The van der Waals surface area contributed by atoms with Crippen LogP contribution in [0.4, 0.5) is 0 Å². The Morgan fingerprint density at radius 1 is 0.449 bits per heavy atom. The zero-order chi connectivity index (χ0) is 57.0. The number of amides is 1. The van der Waals surface area contributed by atoms with Crippen molar-refractivity contribution < 1.29 is 32.9 Å². The molecule has 0 rings (SSSR count). The summed E-state index contributed by atoms with van der Waals surface area (Å²) in [7, 11) is 1.27. The number of carbonyl (C=O) groups excluding carboxylic acids is 1. The molecule has 0 heterocycles. The molecule has 9 heteroatoms. The van der Waals surface area contributed by atoms with Crippen molar-refractivity contribution in [2.24, 2.45) is 0 Å². The van der Waals surface area contributed by atoms with Gasteiger partial charge in [-0.2, -0.15) is 0 Å². The molecule has 0 aromatic carbocycles. The fourth-order valence-electron chi connectivity index (χ4n) is 10.2. The van der Waals surface area contributed by atoms with Crippen molar-refractivity contribution in [1.82, 2.24) is 5.32 Å². The largest absolute Gasteiger partial charge is 0.756 e. The second-order valence-corrected chi connectivity index (χ2v) is 25.9. The van der Waals surface area contributed by atoms with E-state index in [1.807, 2.05) is 27.2 Å². The van der Waals surface area contributed by atoms with Crippen molar-refractivity contribution >= 4 is 13.7 Å². The highest BCUT2D eigenvalue weighted by Gasteiger charge is 2.23. The SMILES string of the molecule is CCCCCCC/C=C\C/C=C\C/C=C\CCCCCCCCCCCCCCC(=O)NC(COP(=O)([O-])OCC[N+](C)(C)C)C(O)/C=C/CCCCCCCCCCCCCCCCCCCCCCCCCCCCC. The van der Waals surface area contributed by atoms with E-state index in [1.54, 1.807) is 6.08 Å². The molecule has 0 spiro atoms. The number of quaternary nitrogens is 1. The number of nitrogens with one attached hydrogen (secondary N) is 1. The maximum atomic E-state index is 13.0. The van der Waals surface area contributed by atoms with Crippen LogP contribution in [0.5, 0.6) is 0 Å². The van der Waals surface area contributed by atoms with Gasteiger partial charge in [0.2, 0.25) is 5.91 Å². The van der Waals surface area contributed by atoms with Gasteiger partial charge in [-0.1, -0.05) is 319 Å². The molecular formula is C69H133N2O6P. The lowest BCUT2D eigenvalue weighted by Gasteiger charge is -2.29. The van der Waals surface area contributed by atoms with Gasteiger partial charge in [-0.05, 0) is 57.8 Å². The minimum atomic E-state index is -4.60. The fraction of sp³-hybridized carbons (Fsp3) is 0.870. The van der Waals surface area contributed by atoms with Crippen molar-refractivity contribution in [3.05, 3.63) is 48.6 Å². The van der Waals surface area contributed by atoms with Crippen molar-refractivity contribution in [3.8, 4) is 0 Å². The first-order valence-corrected chi connectivity index (χ1v) is 35.5. The number of nitrogens with zero attached hydrogens (tertiary/aromatic N) is 1. The summed E-state index contributed by atoms with van der Waals surface area (Å²) in [6.07, 6.45) is 80.7. The molecule has 0 aromatic heterocycles. The Labute approximate surface area is 486 Å². The molecule has 2 N–H and O–H groups in total. The number of phosphoric acid groups is 1. The molecule has 0 saturated heterocycles. The number of aliphatic hydroxyl groups excluding tert-OH is 1. The zero-order valence-electron chi connectivity index (χ0n) is 52.6.